The molecule has 2 aromatic carbocycles. The van der Waals surface area contributed by atoms with Crippen LogP contribution in [0.25, 0.3) is 11.1 Å². The molecule has 1 nitrogen and oxygen atoms in total. The van der Waals surface area contributed by atoms with Crippen molar-refractivity contribution < 1.29 is 39.9 Å². The van der Waals surface area contributed by atoms with Crippen LogP contribution in [0.1, 0.15) is 44.1 Å². The number of ether oxygens (including phenoxy) is 1. The Morgan fingerprint density at radius 1 is 0.839 bits per heavy atom. The molecule has 0 N–H and O–H groups in total. The van der Waals surface area contributed by atoms with Gasteiger partial charge >= 0.3 is 12.1 Å². The smallest absolute Gasteiger partial charge is 0.456 e. The summed E-state index contributed by atoms with van der Waals surface area (Å²) in [5.41, 5.74) is 0.424. The highest BCUT2D eigenvalue weighted by atomic mass is 19.4. The summed E-state index contributed by atoms with van der Waals surface area (Å²) < 4.78 is 110. The van der Waals surface area contributed by atoms with Gasteiger partial charge in [-0.1, -0.05) is 31.9 Å². The second-order valence-corrected chi connectivity index (χ2v) is 7.96. The molecule has 0 unspecified atom stereocenters. The third-order valence-electron chi connectivity index (χ3n) is 5.60. The molecule has 0 aromatic heterocycles. The molecule has 1 aliphatic rings. The summed E-state index contributed by atoms with van der Waals surface area (Å²) in [6.07, 6.45) is -2.05. The summed E-state index contributed by atoms with van der Waals surface area (Å²) in [5.74, 6) is -9.62. The van der Waals surface area contributed by atoms with Crippen molar-refractivity contribution in [2.75, 3.05) is 6.61 Å². The molecule has 31 heavy (non-hydrogen) atoms. The van der Waals surface area contributed by atoms with Gasteiger partial charge < -0.3 is 4.74 Å². The van der Waals surface area contributed by atoms with Gasteiger partial charge in [0.15, 0.2) is 24.0 Å². The molecule has 170 valence electrons. The fraction of sp³-hybridized carbons (Fsp3) is 0.455. The van der Waals surface area contributed by atoms with E-state index in [0.29, 0.717) is 18.1 Å². The van der Waals surface area contributed by atoms with Crippen LogP contribution in [-0.2, 0) is 0 Å². The van der Waals surface area contributed by atoms with Crippen molar-refractivity contribution in [3.63, 3.8) is 0 Å². The van der Waals surface area contributed by atoms with Gasteiger partial charge in [0.05, 0.1) is 0 Å². The van der Waals surface area contributed by atoms with Crippen LogP contribution in [0.2, 0.25) is 0 Å². The van der Waals surface area contributed by atoms with Crippen LogP contribution in [0.3, 0.4) is 0 Å². The van der Waals surface area contributed by atoms with Gasteiger partial charge in [-0.15, -0.1) is 0 Å². The number of hydrogen-bond donors (Lipinski definition) is 0. The van der Waals surface area contributed by atoms with Crippen molar-refractivity contribution >= 4 is 0 Å². The monoisotopic (exact) mass is 452 g/mol. The van der Waals surface area contributed by atoms with E-state index in [9.17, 15) is 35.1 Å². The van der Waals surface area contributed by atoms with Gasteiger partial charge in [-0.25, -0.2) is 13.2 Å². The molecule has 0 bridgehead atoms. The third kappa shape index (κ3) is 5.13. The first-order valence-electron chi connectivity index (χ1n) is 9.75. The lowest BCUT2D eigenvalue weighted by Crippen LogP contribution is -2.42. The van der Waals surface area contributed by atoms with Crippen molar-refractivity contribution in [2.45, 2.75) is 50.6 Å². The number of halogens is 8. The highest BCUT2D eigenvalue weighted by Gasteiger charge is 2.58. The summed E-state index contributed by atoms with van der Waals surface area (Å²) in [7, 11) is 0. The first-order chi connectivity index (χ1) is 14.4. The van der Waals surface area contributed by atoms with Gasteiger partial charge in [0.25, 0.3) is 0 Å². The molecule has 1 saturated carbocycles. The molecule has 0 saturated heterocycles. The number of rotatable bonds is 5. The summed E-state index contributed by atoms with van der Waals surface area (Å²) in [5, 5.41) is 0. The quantitative estimate of drug-likeness (QED) is 0.424. The van der Waals surface area contributed by atoms with Gasteiger partial charge in [0.2, 0.25) is 0 Å². The maximum atomic E-state index is 14.7. The Morgan fingerprint density at radius 2 is 1.42 bits per heavy atom. The van der Waals surface area contributed by atoms with Gasteiger partial charge in [-0.3, -0.25) is 0 Å². The van der Waals surface area contributed by atoms with E-state index in [-0.39, 0.29) is 17.0 Å². The summed E-state index contributed by atoms with van der Waals surface area (Å²) >= 11 is 0. The predicted octanol–water partition coefficient (Wildman–Crippen LogP) is 7.64. The van der Waals surface area contributed by atoms with Crippen LogP contribution in [0.5, 0.6) is 5.75 Å². The van der Waals surface area contributed by atoms with Gasteiger partial charge in [0.1, 0.15) is 5.82 Å². The van der Waals surface area contributed by atoms with Crippen molar-refractivity contribution in [1.82, 2.24) is 0 Å². The highest BCUT2D eigenvalue weighted by molar-refractivity contribution is 5.66. The van der Waals surface area contributed by atoms with Crippen molar-refractivity contribution in [3.8, 4) is 16.9 Å². The van der Waals surface area contributed by atoms with E-state index in [1.54, 1.807) is 6.07 Å². The zero-order valence-corrected chi connectivity index (χ0v) is 16.5. The zero-order valence-electron chi connectivity index (χ0n) is 16.5. The highest BCUT2D eigenvalue weighted by Crippen LogP contribution is 2.39. The Bertz CT molecular complexity index is 907. The molecule has 0 aliphatic heterocycles. The first kappa shape index (κ1) is 23.3. The first-order valence-corrected chi connectivity index (χ1v) is 9.75. The minimum Gasteiger partial charge on any atom is -0.481 e. The molecule has 9 heteroatoms. The molecule has 0 amide bonds. The SMILES string of the molecule is CC1CCC(c2ccc(-c3cc(F)c(OCC(F)(F)C(F)(F)F)c(F)c3)c(F)c2)CC1. The van der Waals surface area contributed by atoms with Crippen LogP contribution in [0.4, 0.5) is 35.1 Å². The van der Waals surface area contributed by atoms with Crippen LogP contribution >= 0.6 is 0 Å². The van der Waals surface area contributed by atoms with Crippen LogP contribution in [-0.4, -0.2) is 18.7 Å². The lowest BCUT2D eigenvalue weighted by atomic mass is 9.79. The summed E-state index contributed by atoms with van der Waals surface area (Å²) in [4.78, 5) is 0. The van der Waals surface area contributed by atoms with E-state index in [0.717, 1.165) is 31.2 Å². The third-order valence-corrected chi connectivity index (χ3v) is 5.60. The second kappa shape index (κ2) is 8.67. The lowest BCUT2D eigenvalue weighted by Gasteiger charge is -2.26. The summed E-state index contributed by atoms with van der Waals surface area (Å²) in [6, 6.07) is 5.60. The Kier molecular flexibility index (Phi) is 6.53. The van der Waals surface area contributed by atoms with Gasteiger partial charge in [-0.2, -0.15) is 22.0 Å². The van der Waals surface area contributed by atoms with Crippen molar-refractivity contribution in [1.29, 1.82) is 0 Å². The molecule has 0 radical (unpaired) electrons. The fourth-order valence-corrected chi connectivity index (χ4v) is 3.71. The van der Waals surface area contributed by atoms with Crippen LogP contribution in [0, 0.1) is 23.4 Å². The maximum absolute atomic E-state index is 14.7. The average molecular weight is 452 g/mol. The van der Waals surface area contributed by atoms with E-state index < -0.39 is 41.9 Å². The molecule has 1 aliphatic carbocycles. The minimum absolute atomic E-state index is 0.127. The normalized spacial score (nSPS) is 20.0. The maximum Gasteiger partial charge on any atom is 0.456 e. The van der Waals surface area contributed by atoms with Gasteiger partial charge in [0, 0.05) is 5.56 Å². The molecule has 0 atom stereocenters. The molecule has 1 fully saturated rings. The Labute approximate surface area is 174 Å². The average Bonchev–Trinajstić information content (AvgIpc) is 2.66. The van der Waals surface area contributed by atoms with Crippen LogP contribution < -0.4 is 4.74 Å². The number of hydrogen-bond acceptors (Lipinski definition) is 1. The molecular weight excluding hydrogens is 432 g/mol. The van der Waals surface area contributed by atoms with E-state index >= 15 is 0 Å². The number of alkyl halides is 5. The van der Waals surface area contributed by atoms with Crippen molar-refractivity contribution in [3.05, 3.63) is 53.3 Å². The molecule has 3 rings (SSSR count). The molecular formula is C22H20F8O. The van der Waals surface area contributed by atoms with E-state index in [2.05, 4.69) is 11.7 Å². The van der Waals surface area contributed by atoms with Crippen LogP contribution in [0.15, 0.2) is 30.3 Å². The standard InChI is InChI=1S/C22H20F8O/c1-12-2-4-13(5-3-12)14-6-7-16(17(23)8-14)15-9-18(24)20(19(25)10-15)31-11-21(26,27)22(28,29)30/h6-10,12-13H,2-5,11H2,1H3. The largest absolute Gasteiger partial charge is 0.481 e. The van der Waals surface area contributed by atoms with E-state index in [1.807, 2.05) is 0 Å². The molecule has 2 aromatic rings. The fourth-order valence-electron chi connectivity index (χ4n) is 3.71. The minimum atomic E-state index is -5.93. The zero-order chi connectivity index (χ0) is 23.0. The number of benzene rings is 2. The topological polar surface area (TPSA) is 9.23 Å². The van der Waals surface area contributed by atoms with E-state index in [4.69, 9.17) is 0 Å². The molecule has 0 spiro atoms. The van der Waals surface area contributed by atoms with E-state index in [1.165, 1.54) is 12.1 Å². The van der Waals surface area contributed by atoms with Gasteiger partial charge in [-0.05, 0) is 54.0 Å². The summed E-state index contributed by atoms with van der Waals surface area (Å²) in [6.45, 7) is -0.132. The van der Waals surface area contributed by atoms with Crippen molar-refractivity contribution in [2.24, 2.45) is 5.92 Å². The lowest BCUT2D eigenvalue weighted by molar-refractivity contribution is -0.290. The second-order valence-electron chi connectivity index (χ2n) is 7.96. The Morgan fingerprint density at radius 3 is 1.94 bits per heavy atom. The molecule has 0 heterocycles. The Balaban J connectivity index is 1.81. The Hall–Kier alpha value is -2.32. The predicted molar refractivity (Wildman–Crippen MR) is 98.6 cm³/mol.